The number of aryl methyl sites for hydroxylation is 1. The zero-order valence-electron chi connectivity index (χ0n) is 10.7. The minimum Gasteiger partial charge on any atom is -0.150 e. The Morgan fingerprint density at radius 1 is 0.579 bits per heavy atom. The van der Waals surface area contributed by atoms with E-state index in [0.29, 0.717) is 0 Å². The van der Waals surface area contributed by atoms with E-state index < -0.39 is 0 Å². The molecule has 0 atom stereocenters. The van der Waals surface area contributed by atoms with E-state index in [1.165, 1.54) is 5.56 Å². The largest absolute Gasteiger partial charge is 0.150 e. The predicted octanol–water partition coefficient (Wildman–Crippen LogP) is 4.12. The van der Waals surface area contributed by atoms with Crippen LogP contribution in [-0.2, 0) is 0 Å². The fraction of sp³-hybridized carbons (Fsp3) is 0.0588. The summed E-state index contributed by atoms with van der Waals surface area (Å²) in [6.07, 6.45) is 0. The normalized spacial score (nSPS) is 10.4. The summed E-state index contributed by atoms with van der Waals surface area (Å²) in [6.45, 7) is 2.08. The van der Waals surface area contributed by atoms with Crippen LogP contribution in [0.1, 0.15) is 5.56 Å². The van der Waals surface area contributed by atoms with Gasteiger partial charge in [-0.05, 0) is 19.1 Å². The summed E-state index contributed by atoms with van der Waals surface area (Å²) in [4.78, 5) is 0. The number of hydrogen-bond acceptors (Lipinski definition) is 2. The molecule has 19 heavy (non-hydrogen) atoms. The first kappa shape index (κ1) is 11.6. The lowest BCUT2D eigenvalue weighted by molar-refractivity contribution is 1.04. The maximum absolute atomic E-state index is 4.30. The topological polar surface area (TPSA) is 25.8 Å². The molecular formula is C17H14N2. The van der Waals surface area contributed by atoms with Crippen molar-refractivity contribution in [1.82, 2.24) is 10.2 Å². The highest BCUT2D eigenvalue weighted by atomic mass is 15.1. The van der Waals surface area contributed by atoms with Gasteiger partial charge in [-0.2, -0.15) is 0 Å². The number of rotatable bonds is 2. The van der Waals surface area contributed by atoms with Gasteiger partial charge in [0.2, 0.25) is 0 Å². The molecule has 1 heterocycles. The highest BCUT2D eigenvalue weighted by molar-refractivity contribution is 5.63. The number of nitrogens with zero attached hydrogens (tertiary/aromatic N) is 2. The molecule has 0 saturated carbocycles. The fourth-order valence-electron chi connectivity index (χ4n) is 1.97. The van der Waals surface area contributed by atoms with E-state index in [4.69, 9.17) is 0 Å². The predicted molar refractivity (Wildman–Crippen MR) is 77.6 cm³/mol. The Morgan fingerprint density at radius 2 is 1.11 bits per heavy atom. The lowest BCUT2D eigenvalue weighted by Gasteiger charge is -2.03. The van der Waals surface area contributed by atoms with E-state index >= 15 is 0 Å². The number of benzene rings is 2. The first-order valence-electron chi connectivity index (χ1n) is 6.29. The van der Waals surface area contributed by atoms with Crippen LogP contribution in [0.4, 0.5) is 0 Å². The van der Waals surface area contributed by atoms with Gasteiger partial charge in [-0.15, -0.1) is 10.2 Å². The summed E-state index contributed by atoms with van der Waals surface area (Å²) in [5.74, 6) is 0. The first-order valence-corrected chi connectivity index (χ1v) is 6.29. The van der Waals surface area contributed by atoms with Gasteiger partial charge in [0.25, 0.3) is 0 Å². The Labute approximate surface area is 112 Å². The van der Waals surface area contributed by atoms with Gasteiger partial charge in [-0.25, -0.2) is 0 Å². The Morgan fingerprint density at radius 3 is 1.63 bits per heavy atom. The summed E-state index contributed by atoms with van der Waals surface area (Å²) in [5.41, 5.74) is 5.23. The molecule has 0 aliphatic heterocycles. The summed E-state index contributed by atoms with van der Waals surface area (Å²) in [7, 11) is 0. The maximum atomic E-state index is 4.30. The van der Waals surface area contributed by atoms with Crippen LogP contribution in [-0.4, -0.2) is 10.2 Å². The molecule has 0 N–H and O–H groups in total. The molecule has 0 aliphatic rings. The molecule has 0 unspecified atom stereocenters. The smallest absolute Gasteiger partial charge is 0.0930 e. The monoisotopic (exact) mass is 246 g/mol. The third-order valence-electron chi connectivity index (χ3n) is 3.08. The van der Waals surface area contributed by atoms with E-state index in [1.54, 1.807) is 0 Å². The summed E-state index contributed by atoms with van der Waals surface area (Å²) in [6, 6.07) is 22.4. The quantitative estimate of drug-likeness (QED) is 0.679. The average Bonchev–Trinajstić information content (AvgIpc) is 2.49. The maximum Gasteiger partial charge on any atom is 0.0930 e. The molecule has 0 fully saturated rings. The van der Waals surface area contributed by atoms with Gasteiger partial charge in [0.1, 0.15) is 0 Å². The second-order valence-electron chi connectivity index (χ2n) is 4.54. The van der Waals surface area contributed by atoms with Gasteiger partial charge in [0.05, 0.1) is 11.4 Å². The molecule has 0 amide bonds. The van der Waals surface area contributed by atoms with Crippen molar-refractivity contribution in [2.45, 2.75) is 6.92 Å². The van der Waals surface area contributed by atoms with Crippen molar-refractivity contribution in [2.75, 3.05) is 0 Å². The molecule has 0 bridgehead atoms. The highest BCUT2D eigenvalue weighted by Crippen LogP contribution is 2.20. The van der Waals surface area contributed by atoms with E-state index in [2.05, 4.69) is 41.4 Å². The third kappa shape index (κ3) is 2.52. The van der Waals surface area contributed by atoms with Crippen molar-refractivity contribution in [1.29, 1.82) is 0 Å². The third-order valence-corrected chi connectivity index (χ3v) is 3.08. The van der Waals surface area contributed by atoms with E-state index in [-0.39, 0.29) is 0 Å². The Kier molecular flexibility index (Phi) is 3.07. The average molecular weight is 246 g/mol. The van der Waals surface area contributed by atoms with Crippen molar-refractivity contribution in [3.8, 4) is 22.5 Å². The van der Waals surface area contributed by atoms with E-state index in [9.17, 15) is 0 Å². The van der Waals surface area contributed by atoms with Crippen molar-refractivity contribution in [2.24, 2.45) is 0 Å². The van der Waals surface area contributed by atoms with Crippen LogP contribution in [0.3, 0.4) is 0 Å². The van der Waals surface area contributed by atoms with E-state index in [0.717, 1.165) is 22.5 Å². The highest BCUT2D eigenvalue weighted by Gasteiger charge is 2.02. The summed E-state index contributed by atoms with van der Waals surface area (Å²) in [5, 5.41) is 8.60. The summed E-state index contributed by atoms with van der Waals surface area (Å²) < 4.78 is 0. The molecule has 2 heteroatoms. The first-order chi connectivity index (χ1) is 9.33. The van der Waals surface area contributed by atoms with Crippen LogP contribution in [0.15, 0.2) is 66.7 Å². The molecule has 92 valence electrons. The Bertz CT molecular complexity index is 656. The fourth-order valence-corrected chi connectivity index (χ4v) is 1.97. The second-order valence-corrected chi connectivity index (χ2v) is 4.54. The van der Waals surface area contributed by atoms with Gasteiger partial charge in [-0.3, -0.25) is 0 Å². The molecule has 2 aromatic carbocycles. The minimum absolute atomic E-state index is 0.900. The Hall–Kier alpha value is -2.48. The second kappa shape index (κ2) is 5.02. The zero-order valence-corrected chi connectivity index (χ0v) is 10.7. The van der Waals surface area contributed by atoms with Gasteiger partial charge >= 0.3 is 0 Å². The number of hydrogen-bond donors (Lipinski definition) is 0. The molecule has 0 radical (unpaired) electrons. The molecule has 0 aliphatic carbocycles. The van der Waals surface area contributed by atoms with Gasteiger partial charge in [-0.1, -0.05) is 60.2 Å². The molecule has 0 spiro atoms. The zero-order chi connectivity index (χ0) is 13.1. The molecule has 1 aromatic heterocycles. The van der Waals surface area contributed by atoms with Gasteiger partial charge in [0.15, 0.2) is 0 Å². The molecular weight excluding hydrogens is 232 g/mol. The van der Waals surface area contributed by atoms with Crippen LogP contribution >= 0.6 is 0 Å². The van der Waals surface area contributed by atoms with Crippen LogP contribution < -0.4 is 0 Å². The van der Waals surface area contributed by atoms with Crippen molar-refractivity contribution in [3.63, 3.8) is 0 Å². The molecule has 3 aromatic rings. The standard InChI is InChI=1S/C17H14N2/c1-13-7-9-15(10-8-13)17-12-11-16(18-19-17)14-5-3-2-4-6-14/h2-12H,1H3. The van der Waals surface area contributed by atoms with Crippen molar-refractivity contribution >= 4 is 0 Å². The molecule has 3 rings (SSSR count). The van der Waals surface area contributed by atoms with Gasteiger partial charge < -0.3 is 0 Å². The van der Waals surface area contributed by atoms with Crippen molar-refractivity contribution in [3.05, 3.63) is 72.3 Å². The minimum atomic E-state index is 0.900. The van der Waals surface area contributed by atoms with E-state index in [1.807, 2.05) is 42.5 Å². The molecule has 0 saturated heterocycles. The van der Waals surface area contributed by atoms with Gasteiger partial charge in [0, 0.05) is 11.1 Å². The number of aromatic nitrogens is 2. The van der Waals surface area contributed by atoms with Crippen LogP contribution in [0, 0.1) is 6.92 Å². The lowest BCUT2D eigenvalue weighted by Crippen LogP contribution is -1.90. The van der Waals surface area contributed by atoms with Crippen LogP contribution in [0.2, 0.25) is 0 Å². The van der Waals surface area contributed by atoms with Crippen LogP contribution in [0.5, 0.6) is 0 Å². The lowest BCUT2D eigenvalue weighted by atomic mass is 10.1. The molecule has 2 nitrogen and oxygen atoms in total. The SMILES string of the molecule is Cc1ccc(-c2ccc(-c3ccccc3)nn2)cc1. The summed E-state index contributed by atoms with van der Waals surface area (Å²) >= 11 is 0. The van der Waals surface area contributed by atoms with Crippen molar-refractivity contribution < 1.29 is 0 Å². The Balaban J connectivity index is 1.93. The van der Waals surface area contributed by atoms with Crippen LogP contribution in [0.25, 0.3) is 22.5 Å².